The first-order valence-corrected chi connectivity index (χ1v) is 7.67. The molecule has 1 aromatic carbocycles. The second-order valence-electron chi connectivity index (χ2n) is 5.58. The van der Waals surface area contributed by atoms with Crippen molar-refractivity contribution in [1.29, 1.82) is 0 Å². The summed E-state index contributed by atoms with van der Waals surface area (Å²) in [5.74, 6) is 0.774. The van der Waals surface area contributed by atoms with Gasteiger partial charge in [0.25, 0.3) is 0 Å². The van der Waals surface area contributed by atoms with Crippen molar-refractivity contribution in [3.8, 4) is 0 Å². The van der Waals surface area contributed by atoms with Gasteiger partial charge >= 0.3 is 0 Å². The molecule has 1 fully saturated rings. The summed E-state index contributed by atoms with van der Waals surface area (Å²) >= 11 is 0. The number of nitrogens with zero attached hydrogens (tertiary/aromatic N) is 3. The number of hydrogen-bond acceptors (Lipinski definition) is 6. The molecule has 7 heteroatoms. The molecule has 7 nitrogen and oxygen atoms in total. The summed E-state index contributed by atoms with van der Waals surface area (Å²) in [6.07, 6.45) is 0.0977. The molecule has 1 amide bonds. The number of aromatic nitrogens is 2. The molecule has 0 bridgehead atoms. The molecule has 0 saturated carbocycles. The smallest absolute Gasteiger partial charge is 0.240 e. The number of hydrogen-bond donors (Lipinski definition) is 1. The van der Waals surface area contributed by atoms with E-state index in [1.54, 1.807) is 0 Å². The average Bonchev–Trinajstić information content (AvgIpc) is 2.97. The van der Waals surface area contributed by atoms with Crippen LogP contribution in [0.5, 0.6) is 0 Å². The van der Waals surface area contributed by atoms with E-state index < -0.39 is 0 Å². The van der Waals surface area contributed by atoms with Crippen LogP contribution >= 0.6 is 0 Å². The van der Waals surface area contributed by atoms with E-state index in [1.807, 2.05) is 31.2 Å². The lowest BCUT2D eigenvalue weighted by Gasteiger charge is -2.24. The predicted molar refractivity (Wildman–Crippen MR) is 83.9 cm³/mol. The fourth-order valence-electron chi connectivity index (χ4n) is 2.36. The average molecular weight is 316 g/mol. The van der Waals surface area contributed by atoms with Gasteiger partial charge in [-0.05, 0) is 19.1 Å². The van der Waals surface area contributed by atoms with Crippen LogP contribution < -0.4 is 5.32 Å². The van der Waals surface area contributed by atoms with Crippen LogP contribution in [0.25, 0.3) is 0 Å². The minimum atomic E-state index is -0.160. The summed E-state index contributed by atoms with van der Waals surface area (Å²) in [5.41, 5.74) is 1.91. The van der Waals surface area contributed by atoms with Gasteiger partial charge in [-0.1, -0.05) is 22.9 Å². The monoisotopic (exact) mass is 316 g/mol. The molecule has 1 aliphatic rings. The van der Waals surface area contributed by atoms with E-state index in [0.717, 1.165) is 37.6 Å². The van der Waals surface area contributed by atoms with Crippen molar-refractivity contribution >= 4 is 11.6 Å². The van der Waals surface area contributed by atoms with Crippen LogP contribution in [0.15, 0.2) is 28.8 Å². The molecular formula is C16H20N4O3. The van der Waals surface area contributed by atoms with E-state index in [2.05, 4.69) is 20.4 Å². The number of nitrogens with one attached hydrogen (secondary N) is 1. The molecule has 122 valence electrons. The number of aryl methyl sites for hydroxylation is 1. The molecule has 3 rings (SSSR count). The fourth-order valence-corrected chi connectivity index (χ4v) is 2.36. The van der Waals surface area contributed by atoms with Crippen molar-refractivity contribution in [3.63, 3.8) is 0 Å². The zero-order valence-corrected chi connectivity index (χ0v) is 13.1. The summed E-state index contributed by atoms with van der Waals surface area (Å²) in [6, 6.07) is 7.63. The van der Waals surface area contributed by atoms with Crippen molar-refractivity contribution in [2.24, 2.45) is 0 Å². The Morgan fingerprint density at radius 1 is 1.26 bits per heavy atom. The van der Waals surface area contributed by atoms with Gasteiger partial charge in [0.15, 0.2) is 5.82 Å². The highest BCUT2D eigenvalue weighted by atomic mass is 16.5. The first kappa shape index (κ1) is 15.6. The van der Waals surface area contributed by atoms with Crippen molar-refractivity contribution in [2.45, 2.75) is 19.9 Å². The van der Waals surface area contributed by atoms with Crippen LogP contribution in [-0.2, 0) is 22.5 Å². The molecule has 0 aliphatic carbocycles. The topological polar surface area (TPSA) is 80.5 Å². The number of benzene rings is 1. The van der Waals surface area contributed by atoms with Crippen LogP contribution in [-0.4, -0.2) is 47.3 Å². The lowest BCUT2D eigenvalue weighted by molar-refractivity contribution is -0.115. The Kier molecular flexibility index (Phi) is 4.99. The van der Waals surface area contributed by atoms with Crippen LogP contribution in [0.4, 0.5) is 5.69 Å². The number of carbonyl (C=O) groups is 1. The van der Waals surface area contributed by atoms with E-state index in [0.29, 0.717) is 18.3 Å². The summed E-state index contributed by atoms with van der Waals surface area (Å²) in [6.45, 7) is 5.74. The maximum Gasteiger partial charge on any atom is 0.240 e. The summed E-state index contributed by atoms with van der Waals surface area (Å²) in [5, 5.41) is 6.69. The number of morpholine rings is 1. The third kappa shape index (κ3) is 4.61. The van der Waals surface area contributed by atoms with Crippen molar-refractivity contribution in [3.05, 3.63) is 41.5 Å². The van der Waals surface area contributed by atoms with Crippen molar-refractivity contribution < 1.29 is 14.1 Å². The second kappa shape index (κ2) is 7.34. The van der Waals surface area contributed by atoms with Gasteiger partial charge in [-0.25, -0.2) is 0 Å². The first-order chi connectivity index (χ1) is 11.2. The van der Waals surface area contributed by atoms with Gasteiger partial charge in [0, 0.05) is 18.8 Å². The highest BCUT2D eigenvalue weighted by molar-refractivity contribution is 5.91. The third-order valence-electron chi connectivity index (χ3n) is 3.63. The molecule has 0 unspecified atom stereocenters. The lowest BCUT2D eigenvalue weighted by atomic mass is 10.2. The Bertz CT molecular complexity index is 648. The SMILES string of the molecule is Cc1ccc(NC(=O)Cc2noc(CN3CCOCC3)n2)cc1. The molecule has 1 aromatic heterocycles. The first-order valence-electron chi connectivity index (χ1n) is 7.67. The van der Waals surface area contributed by atoms with Gasteiger partial charge in [0.05, 0.1) is 26.2 Å². The third-order valence-corrected chi connectivity index (χ3v) is 3.63. The number of carbonyl (C=O) groups excluding carboxylic acids is 1. The number of amides is 1. The summed E-state index contributed by atoms with van der Waals surface area (Å²) in [7, 11) is 0. The van der Waals surface area contributed by atoms with Crippen molar-refractivity contribution in [1.82, 2.24) is 15.0 Å². The maximum atomic E-state index is 12.0. The molecule has 2 heterocycles. The Balaban J connectivity index is 1.51. The van der Waals surface area contributed by atoms with E-state index in [4.69, 9.17) is 9.26 Å². The zero-order valence-electron chi connectivity index (χ0n) is 13.1. The Hall–Kier alpha value is -2.25. The number of ether oxygens (including phenoxy) is 1. The normalized spacial score (nSPS) is 15.5. The summed E-state index contributed by atoms with van der Waals surface area (Å²) in [4.78, 5) is 18.5. The Morgan fingerprint density at radius 3 is 2.74 bits per heavy atom. The van der Waals surface area contributed by atoms with Crippen LogP contribution in [0.2, 0.25) is 0 Å². The molecule has 2 aromatic rings. The van der Waals surface area contributed by atoms with E-state index in [9.17, 15) is 4.79 Å². The number of anilines is 1. The van der Waals surface area contributed by atoms with Gasteiger partial charge in [-0.2, -0.15) is 4.98 Å². The summed E-state index contributed by atoms with van der Waals surface area (Å²) < 4.78 is 10.5. The van der Waals surface area contributed by atoms with Gasteiger partial charge in [-0.15, -0.1) is 0 Å². The largest absolute Gasteiger partial charge is 0.379 e. The van der Waals surface area contributed by atoms with Crippen LogP contribution in [0.3, 0.4) is 0 Å². The molecule has 0 spiro atoms. The van der Waals surface area contributed by atoms with Gasteiger partial charge in [0.1, 0.15) is 0 Å². The van der Waals surface area contributed by atoms with Crippen LogP contribution in [0, 0.1) is 6.92 Å². The van der Waals surface area contributed by atoms with Crippen LogP contribution in [0.1, 0.15) is 17.3 Å². The lowest BCUT2D eigenvalue weighted by Crippen LogP contribution is -2.35. The molecule has 0 atom stereocenters. The van der Waals surface area contributed by atoms with Gasteiger partial charge < -0.3 is 14.6 Å². The Labute approximate surface area is 134 Å². The fraction of sp³-hybridized carbons (Fsp3) is 0.438. The molecule has 0 radical (unpaired) electrons. The molecular weight excluding hydrogens is 296 g/mol. The minimum absolute atomic E-state index is 0.0977. The molecule has 1 N–H and O–H groups in total. The number of rotatable bonds is 5. The van der Waals surface area contributed by atoms with Crippen molar-refractivity contribution in [2.75, 3.05) is 31.6 Å². The predicted octanol–water partition coefficient (Wildman–Crippen LogP) is 1.39. The van der Waals surface area contributed by atoms with E-state index in [1.165, 1.54) is 0 Å². The maximum absolute atomic E-state index is 12.0. The Morgan fingerprint density at radius 2 is 2.00 bits per heavy atom. The van der Waals surface area contributed by atoms with E-state index >= 15 is 0 Å². The van der Waals surface area contributed by atoms with Gasteiger partial charge in [-0.3, -0.25) is 9.69 Å². The molecule has 23 heavy (non-hydrogen) atoms. The standard InChI is InChI=1S/C16H20N4O3/c1-12-2-4-13(5-3-12)17-15(21)10-14-18-16(23-19-14)11-20-6-8-22-9-7-20/h2-5H,6-11H2,1H3,(H,17,21). The van der Waals surface area contributed by atoms with E-state index in [-0.39, 0.29) is 12.3 Å². The minimum Gasteiger partial charge on any atom is -0.379 e. The molecule has 1 saturated heterocycles. The molecule has 1 aliphatic heterocycles. The van der Waals surface area contributed by atoms with Gasteiger partial charge in [0.2, 0.25) is 11.8 Å². The zero-order chi connectivity index (χ0) is 16.1. The second-order valence-corrected chi connectivity index (χ2v) is 5.58. The highest BCUT2D eigenvalue weighted by Gasteiger charge is 2.16. The quantitative estimate of drug-likeness (QED) is 0.898. The highest BCUT2D eigenvalue weighted by Crippen LogP contribution is 2.10.